The average Bonchev–Trinajstić information content (AvgIpc) is 3.71. The van der Waals surface area contributed by atoms with Crippen LogP contribution in [0.1, 0.15) is 58.2 Å². The predicted octanol–water partition coefficient (Wildman–Crippen LogP) is 17.0. The molecule has 0 amide bonds. The van der Waals surface area contributed by atoms with Gasteiger partial charge in [0.2, 0.25) is 0 Å². The van der Waals surface area contributed by atoms with Crippen molar-refractivity contribution in [2.45, 2.75) is 52.4 Å². The van der Waals surface area contributed by atoms with Crippen LogP contribution in [-0.2, 0) is 10.8 Å². The molecule has 6 heteroatoms. The van der Waals surface area contributed by atoms with Gasteiger partial charge in [0, 0.05) is 45.8 Å². The maximum Gasteiger partial charge on any atom is 0.137 e. The highest BCUT2D eigenvalue weighted by molar-refractivity contribution is 6.03. The van der Waals surface area contributed by atoms with Gasteiger partial charge in [-0.25, -0.2) is 4.98 Å². The van der Waals surface area contributed by atoms with Gasteiger partial charge in [-0.15, -0.1) is 0 Å². The van der Waals surface area contributed by atoms with E-state index in [0.29, 0.717) is 12.2 Å². The van der Waals surface area contributed by atoms with Crippen LogP contribution in [0.25, 0.3) is 33.4 Å². The Labute approximate surface area is 406 Å². The normalized spacial score (nSPS) is 12.9. The summed E-state index contributed by atoms with van der Waals surface area (Å²) in [5.74, 6) is 0.825. The first-order valence-corrected chi connectivity index (χ1v) is 23.8. The van der Waals surface area contributed by atoms with Crippen LogP contribution in [0.4, 0.5) is 57.0 Å². The van der Waals surface area contributed by atoms with E-state index in [1.807, 2.05) is 18.3 Å². The van der Waals surface area contributed by atoms with E-state index in [0.717, 1.165) is 79.0 Å². The molecule has 336 valence electrons. The number of nitriles is 1. The van der Waals surface area contributed by atoms with Gasteiger partial charge >= 0.3 is 0 Å². The number of hydrogen-bond acceptors (Lipinski definition) is 6. The van der Waals surface area contributed by atoms with Crippen molar-refractivity contribution in [2.75, 3.05) is 26.3 Å². The first kappa shape index (κ1) is 43.2. The molecule has 0 saturated carbocycles. The van der Waals surface area contributed by atoms with E-state index >= 15 is 0 Å². The van der Waals surface area contributed by atoms with Crippen LogP contribution in [0.15, 0.2) is 206 Å². The summed E-state index contributed by atoms with van der Waals surface area (Å²) in [6.07, 6.45) is 1.93. The van der Waals surface area contributed by atoms with Gasteiger partial charge in [0.05, 0.1) is 34.4 Å². The fourth-order valence-electron chi connectivity index (χ4n) is 9.92. The molecule has 2 aliphatic heterocycles. The molecule has 3 heterocycles. The quantitative estimate of drug-likeness (QED) is 0.159. The molecule has 0 atom stereocenters. The van der Waals surface area contributed by atoms with Crippen LogP contribution in [-0.4, -0.2) is 11.7 Å². The van der Waals surface area contributed by atoms with E-state index in [4.69, 9.17) is 4.98 Å². The summed E-state index contributed by atoms with van der Waals surface area (Å²) in [7, 11) is 0. The fourth-order valence-corrected chi connectivity index (χ4v) is 9.92. The molecule has 0 N–H and O–H groups in total. The van der Waals surface area contributed by atoms with E-state index in [1.165, 1.54) is 22.5 Å². The number of pyridine rings is 1. The topological polar surface area (TPSA) is 49.6 Å². The molecule has 69 heavy (non-hydrogen) atoms. The van der Waals surface area contributed by atoms with Crippen LogP contribution in [0.5, 0.6) is 0 Å². The van der Waals surface area contributed by atoms with E-state index in [-0.39, 0.29) is 10.8 Å². The minimum absolute atomic E-state index is 0.0161. The SMILES string of the molecule is CC(C)(C)c1cccc(N2CN(c3cc(-c4ccccc4)cc(N(c4ccccc4)c4ccc5c(c4)N(c4cc(C(C)(C)C)ccn4)c4ccccc4-c4cc(C#N)ccc4-5)c3)c3ccccc32)c1. The zero-order chi connectivity index (χ0) is 47.4. The number of rotatable bonds is 7. The lowest BCUT2D eigenvalue weighted by Crippen LogP contribution is -2.24. The minimum atomic E-state index is -0.104. The Hall–Kier alpha value is -8.40. The third-order valence-electron chi connectivity index (χ3n) is 13.6. The van der Waals surface area contributed by atoms with Crippen molar-refractivity contribution >= 4 is 57.0 Å². The maximum atomic E-state index is 10.2. The largest absolute Gasteiger partial charge is 0.321 e. The number of para-hydroxylation sites is 4. The van der Waals surface area contributed by atoms with E-state index in [9.17, 15) is 5.26 Å². The lowest BCUT2D eigenvalue weighted by molar-refractivity contribution is 0.589. The van der Waals surface area contributed by atoms with Crippen molar-refractivity contribution in [1.82, 2.24) is 4.98 Å². The van der Waals surface area contributed by atoms with Gasteiger partial charge in [0.25, 0.3) is 0 Å². The molecule has 1 aromatic heterocycles. The number of anilines is 10. The Morgan fingerprint density at radius 3 is 1.81 bits per heavy atom. The molecule has 8 aromatic carbocycles. The van der Waals surface area contributed by atoms with Gasteiger partial charge in [0.15, 0.2) is 0 Å². The summed E-state index contributed by atoms with van der Waals surface area (Å²) < 4.78 is 0. The van der Waals surface area contributed by atoms with Gasteiger partial charge in [-0.05, 0) is 141 Å². The number of nitrogens with zero attached hydrogens (tertiary/aromatic N) is 6. The Bertz CT molecular complexity index is 3430. The molecular weight excluding hydrogens is 841 g/mol. The molecule has 0 spiro atoms. The zero-order valence-corrected chi connectivity index (χ0v) is 40.0. The molecule has 9 aromatic rings. The highest BCUT2D eigenvalue weighted by Crippen LogP contribution is 2.53. The molecule has 0 fully saturated rings. The third kappa shape index (κ3) is 7.96. The highest BCUT2D eigenvalue weighted by Gasteiger charge is 2.32. The second-order valence-electron chi connectivity index (χ2n) is 20.1. The lowest BCUT2D eigenvalue weighted by Gasteiger charge is -2.31. The Balaban J connectivity index is 1.13. The van der Waals surface area contributed by atoms with Gasteiger partial charge in [-0.3, -0.25) is 4.90 Å². The van der Waals surface area contributed by atoms with E-state index in [2.05, 4.69) is 255 Å². The summed E-state index contributed by atoms with van der Waals surface area (Å²) in [6, 6.07) is 74.3. The minimum Gasteiger partial charge on any atom is -0.321 e. The van der Waals surface area contributed by atoms with Crippen molar-refractivity contribution < 1.29 is 0 Å². The molecule has 0 unspecified atom stereocenters. The van der Waals surface area contributed by atoms with Crippen LogP contribution in [0.2, 0.25) is 0 Å². The van der Waals surface area contributed by atoms with Crippen LogP contribution < -0.4 is 19.6 Å². The van der Waals surface area contributed by atoms with Crippen molar-refractivity contribution in [3.8, 4) is 39.4 Å². The average molecular weight is 895 g/mol. The van der Waals surface area contributed by atoms with Crippen LogP contribution in [0, 0.1) is 11.3 Å². The summed E-state index contributed by atoms with van der Waals surface area (Å²) >= 11 is 0. The molecular formula is C63H54N6. The number of aromatic nitrogens is 1. The summed E-state index contributed by atoms with van der Waals surface area (Å²) in [6.45, 7) is 14.2. The molecule has 0 aliphatic carbocycles. The second-order valence-corrected chi connectivity index (χ2v) is 20.1. The van der Waals surface area contributed by atoms with Gasteiger partial charge < -0.3 is 14.7 Å². The van der Waals surface area contributed by atoms with E-state index < -0.39 is 0 Å². The number of benzene rings is 8. The molecule has 0 saturated heterocycles. The summed E-state index contributed by atoms with van der Waals surface area (Å²) in [5.41, 5.74) is 19.1. The van der Waals surface area contributed by atoms with Crippen molar-refractivity contribution in [1.29, 1.82) is 5.26 Å². The van der Waals surface area contributed by atoms with Gasteiger partial charge in [-0.2, -0.15) is 5.26 Å². The fraction of sp³-hybridized carbons (Fsp3) is 0.143. The number of hydrogen-bond donors (Lipinski definition) is 0. The maximum absolute atomic E-state index is 10.2. The summed E-state index contributed by atoms with van der Waals surface area (Å²) in [5, 5.41) is 10.2. The van der Waals surface area contributed by atoms with E-state index in [1.54, 1.807) is 0 Å². The molecule has 2 aliphatic rings. The van der Waals surface area contributed by atoms with Crippen molar-refractivity contribution in [3.63, 3.8) is 0 Å². The number of fused-ring (bicyclic) bond motifs is 6. The Morgan fingerprint density at radius 1 is 0.449 bits per heavy atom. The van der Waals surface area contributed by atoms with Crippen LogP contribution in [0.3, 0.4) is 0 Å². The monoisotopic (exact) mass is 894 g/mol. The summed E-state index contributed by atoms with van der Waals surface area (Å²) in [4.78, 5) is 14.7. The van der Waals surface area contributed by atoms with Crippen LogP contribution >= 0.6 is 0 Å². The zero-order valence-electron chi connectivity index (χ0n) is 40.0. The first-order valence-electron chi connectivity index (χ1n) is 23.8. The standard InChI is InChI=1S/C63H54N6/c1-62(2,3)46-20-17-23-49(37-46)66-42-67(59-27-16-15-26-58(59)66)51-35-45(44-18-9-7-10-19-44)36-52(39-51)68(48-21-11-8-12-22-48)50-29-31-55-53-30-28-43(41-64)34-56(53)54-24-13-14-25-57(54)69(60(55)40-50)61-38-47(32-33-65-61)63(4,5)6/h7-40H,42H2,1-6H3. The molecule has 6 nitrogen and oxygen atoms in total. The highest BCUT2D eigenvalue weighted by atomic mass is 15.4. The Kier molecular flexibility index (Phi) is 10.7. The predicted molar refractivity (Wildman–Crippen MR) is 288 cm³/mol. The smallest absolute Gasteiger partial charge is 0.137 e. The second kappa shape index (κ2) is 17.0. The van der Waals surface area contributed by atoms with Crippen molar-refractivity contribution in [3.05, 3.63) is 223 Å². The third-order valence-corrected chi connectivity index (χ3v) is 13.6. The molecule has 0 bridgehead atoms. The Morgan fingerprint density at radius 2 is 1.09 bits per heavy atom. The molecule has 0 radical (unpaired) electrons. The molecule has 11 rings (SSSR count). The van der Waals surface area contributed by atoms with Crippen molar-refractivity contribution in [2.24, 2.45) is 0 Å². The first-order chi connectivity index (χ1) is 33.4. The van der Waals surface area contributed by atoms with Gasteiger partial charge in [0.1, 0.15) is 12.5 Å². The van der Waals surface area contributed by atoms with Gasteiger partial charge in [-0.1, -0.05) is 145 Å². The lowest BCUT2D eigenvalue weighted by atomic mass is 9.87.